The molecule has 3 rings (SSSR count). The van der Waals surface area contributed by atoms with Crippen LogP contribution in [0.2, 0.25) is 0 Å². The molecule has 0 saturated heterocycles. The smallest absolute Gasteiger partial charge is 0.387 e. The van der Waals surface area contributed by atoms with Crippen LogP contribution in [0.1, 0.15) is 27.7 Å². The minimum Gasteiger partial charge on any atom is -0.454 e. The van der Waals surface area contributed by atoms with E-state index in [-0.39, 0.29) is 11.4 Å². The average Bonchev–Trinajstić information content (AvgIpc) is 3.16. The summed E-state index contributed by atoms with van der Waals surface area (Å²) in [7, 11) is 0. The number of alkyl halides is 2. The number of rotatable bonds is 6. The second-order valence-electron chi connectivity index (χ2n) is 5.82. The maximum Gasteiger partial charge on any atom is 0.387 e. The molecular weight excluding hydrogens is 363 g/mol. The zero-order chi connectivity index (χ0) is 19.6. The van der Waals surface area contributed by atoms with Crippen molar-refractivity contribution in [3.05, 3.63) is 65.1 Å². The summed E-state index contributed by atoms with van der Waals surface area (Å²) in [4.78, 5) is 12.3. The van der Waals surface area contributed by atoms with Crippen molar-refractivity contribution < 1.29 is 27.1 Å². The Bertz CT molecular complexity index is 966. The fraction of sp³-hybridized carbons (Fsp3) is 0.222. The lowest BCUT2D eigenvalue weighted by Crippen LogP contribution is -2.13. The van der Waals surface area contributed by atoms with Crippen LogP contribution < -0.4 is 10.1 Å². The molecule has 6 nitrogen and oxygen atoms in total. The lowest BCUT2D eigenvalue weighted by molar-refractivity contribution is -0.0495. The third-order valence-electron chi connectivity index (χ3n) is 3.70. The van der Waals surface area contributed by atoms with Crippen molar-refractivity contribution in [1.82, 2.24) is 9.78 Å². The molecule has 142 valence electrons. The number of hydrogen-bond donors (Lipinski definition) is 1. The Balaban J connectivity index is 1.74. The van der Waals surface area contributed by atoms with Gasteiger partial charge in [0.15, 0.2) is 11.5 Å². The van der Waals surface area contributed by atoms with Gasteiger partial charge in [-0.2, -0.15) is 13.9 Å². The largest absolute Gasteiger partial charge is 0.454 e. The minimum atomic E-state index is -3.15. The summed E-state index contributed by atoms with van der Waals surface area (Å²) < 4.78 is 49.6. The Morgan fingerprint density at radius 1 is 1.26 bits per heavy atom. The highest BCUT2D eigenvalue weighted by Gasteiger charge is 2.17. The lowest BCUT2D eigenvalue weighted by atomic mass is 10.2. The highest BCUT2D eigenvalue weighted by molar-refractivity contribution is 6.03. The standard InChI is InChI=1S/C18H16F3N3O3/c1-10-7-11(2)24(23-10)9-13-4-6-15(26-13)17(25)22-14-5-3-12(19)8-16(14)27-18(20)21/h3-8,18H,9H2,1-2H3,(H,22,25). The Morgan fingerprint density at radius 2 is 2.04 bits per heavy atom. The number of anilines is 1. The van der Waals surface area contributed by atoms with Crippen LogP contribution in [0, 0.1) is 19.7 Å². The Morgan fingerprint density at radius 3 is 2.70 bits per heavy atom. The normalized spacial score (nSPS) is 11.0. The highest BCUT2D eigenvalue weighted by atomic mass is 19.3. The SMILES string of the molecule is Cc1cc(C)n(Cc2ccc(C(=O)Nc3ccc(F)cc3OC(F)F)o2)n1. The second-order valence-corrected chi connectivity index (χ2v) is 5.82. The summed E-state index contributed by atoms with van der Waals surface area (Å²) in [6.07, 6.45) is 0. The quantitative estimate of drug-likeness (QED) is 0.699. The molecule has 1 N–H and O–H groups in total. The van der Waals surface area contributed by atoms with Crippen LogP contribution in [-0.4, -0.2) is 22.3 Å². The summed E-state index contributed by atoms with van der Waals surface area (Å²) >= 11 is 0. The zero-order valence-electron chi connectivity index (χ0n) is 14.5. The molecule has 2 aromatic heterocycles. The number of nitrogens with one attached hydrogen (secondary N) is 1. The first-order valence-electron chi connectivity index (χ1n) is 7.97. The predicted molar refractivity (Wildman–Crippen MR) is 90.5 cm³/mol. The molecule has 3 aromatic rings. The number of amides is 1. The van der Waals surface area contributed by atoms with Crippen molar-refractivity contribution >= 4 is 11.6 Å². The van der Waals surface area contributed by atoms with E-state index in [0.717, 1.165) is 29.6 Å². The fourth-order valence-electron chi connectivity index (χ4n) is 2.54. The van der Waals surface area contributed by atoms with E-state index >= 15 is 0 Å². The number of carbonyl (C=O) groups excluding carboxylic acids is 1. The van der Waals surface area contributed by atoms with Gasteiger partial charge in [-0.3, -0.25) is 9.48 Å². The van der Waals surface area contributed by atoms with E-state index in [1.54, 1.807) is 10.7 Å². The molecule has 0 unspecified atom stereocenters. The van der Waals surface area contributed by atoms with E-state index in [4.69, 9.17) is 4.42 Å². The van der Waals surface area contributed by atoms with Crippen LogP contribution in [-0.2, 0) is 6.54 Å². The number of nitrogens with zero attached hydrogens (tertiary/aromatic N) is 2. The van der Waals surface area contributed by atoms with E-state index in [2.05, 4.69) is 15.2 Å². The Kier molecular flexibility index (Phi) is 5.20. The molecule has 0 aliphatic rings. The van der Waals surface area contributed by atoms with E-state index in [1.165, 1.54) is 6.07 Å². The van der Waals surface area contributed by atoms with Crippen molar-refractivity contribution in [3.8, 4) is 5.75 Å². The monoisotopic (exact) mass is 379 g/mol. The lowest BCUT2D eigenvalue weighted by Gasteiger charge is -2.11. The molecular formula is C18H16F3N3O3. The van der Waals surface area contributed by atoms with Crippen molar-refractivity contribution in [3.63, 3.8) is 0 Å². The number of hydrogen-bond acceptors (Lipinski definition) is 4. The zero-order valence-corrected chi connectivity index (χ0v) is 14.5. The highest BCUT2D eigenvalue weighted by Crippen LogP contribution is 2.27. The van der Waals surface area contributed by atoms with Gasteiger partial charge in [-0.05, 0) is 44.2 Å². The first kappa shape index (κ1) is 18.6. The third-order valence-corrected chi connectivity index (χ3v) is 3.70. The summed E-state index contributed by atoms with van der Waals surface area (Å²) in [5.41, 5.74) is 1.70. The molecule has 0 saturated carbocycles. The Labute approximate surface area is 152 Å². The van der Waals surface area contributed by atoms with Crippen LogP contribution in [0.4, 0.5) is 18.9 Å². The van der Waals surface area contributed by atoms with E-state index in [0.29, 0.717) is 12.3 Å². The summed E-state index contributed by atoms with van der Waals surface area (Å²) in [6, 6.07) is 7.89. The number of aryl methyl sites for hydroxylation is 2. The van der Waals surface area contributed by atoms with Crippen LogP contribution in [0.5, 0.6) is 5.75 Å². The van der Waals surface area contributed by atoms with Gasteiger partial charge >= 0.3 is 6.61 Å². The minimum absolute atomic E-state index is 0.0288. The first-order valence-corrected chi connectivity index (χ1v) is 7.97. The van der Waals surface area contributed by atoms with Gasteiger partial charge in [0.05, 0.1) is 17.9 Å². The van der Waals surface area contributed by atoms with Gasteiger partial charge in [0.1, 0.15) is 11.6 Å². The van der Waals surface area contributed by atoms with Gasteiger partial charge in [-0.15, -0.1) is 0 Å². The van der Waals surface area contributed by atoms with Gasteiger partial charge in [-0.25, -0.2) is 4.39 Å². The van der Waals surface area contributed by atoms with E-state index in [1.807, 2.05) is 19.9 Å². The molecule has 0 spiro atoms. The van der Waals surface area contributed by atoms with Crippen molar-refractivity contribution in [2.24, 2.45) is 0 Å². The average molecular weight is 379 g/mol. The van der Waals surface area contributed by atoms with Crippen molar-refractivity contribution in [1.29, 1.82) is 0 Å². The van der Waals surface area contributed by atoms with Crippen LogP contribution in [0.3, 0.4) is 0 Å². The number of halogens is 3. The number of furan rings is 1. The van der Waals surface area contributed by atoms with Crippen LogP contribution in [0.25, 0.3) is 0 Å². The predicted octanol–water partition coefficient (Wildman–Crippen LogP) is 4.13. The number of benzene rings is 1. The maximum absolute atomic E-state index is 13.2. The molecule has 0 aliphatic heterocycles. The molecule has 0 aliphatic carbocycles. The number of carbonyl (C=O) groups is 1. The molecule has 0 fully saturated rings. The molecule has 2 heterocycles. The molecule has 1 aromatic carbocycles. The molecule has 0 atom stereocenters. The molecule has 1 amide bonds. The van der Waals surface area contributed by atoms with Gasteiger partial charge in [0.25, 0.3) is 5.91 Å². The van der Waals surface area contributed by atoms with Gasteiger partial charge in [0, 0.05) is 11.8 Å². The second kappa shape index (κ2) is 7.56. The maximum atomic E-state index is 13.2. The molecule has 0 bridgehead atoms. The summed E-state index contributed by atoms with van der Waals surface area (Å²) in [6.45, 7) is 0.948. The first-order chi connectivity index (χ1) is 12.8. The molecule has 0 radical (unpaired) electrons. The van der Waals surface area contributed by atoms with Crippen LogP contribution >= 0.6 is 0 Å². The number of aromatic nitrogens is 2. The topological polar surface area (TPSA) is 69.3 Å². The molecule has 27 heavy (non-hydrogen) atoms. The van der Waals surface area contributed by atoms with Crippen LogP contribution in [0.15, 0.2) is 40.8 Å². The Hall–Kier alpha value is -3.23. The fourth-order valence-corrected chi connectivity index (χ4v) is 2.54. The van der Waals surface area contributed by atoms with E-state index < -0.39 is 24.1 Å². The third kappa shape index (κ3) is 4.49. The van der Waals surface area contributed by atoms with Gasteiger partial charge in [0.2, 0.25) is 0 Å². The number of ether oxygens (including phenoxy) is 1. The summed E-state index contributed by atoms with van der Waals surface area (Å²) in [5.74, 6) is -1.46. The van der Waals surface area contributed by atoms with Crippen molar-refractivity contribution in [2.75, 3.05) is 5.32 Å². The summed E-state index contributed by atoms with van der Waals surface area (Å²) in [5, 5.41) is 6.68. The molecule has 9 heteroatoms. The van der Waals surface area contributed by atoms with E-state index in [9.17, 15) is 18.0 Å². The van der Waals surface area contributed by atoms with Crippen molar-refractivity contribution in [2.45, 2.75) is 27.0 Å². The van der Waals surface area contributed by atoms with Gasteiger partial charge < -0.3 is 14.5 Å². The van der Waals surface area contributed by atoms with Gasteiger partial charge in [-0.1, -0.05) is 0 Å².